The van der Waals surface area contributed by atoms with Gasteiger partial charge in [0, 0.05) is 0 Å². The Kier molecular flexibility index (Phi) is 18.3. The molecule has 1 unspecified atom stereocenters. The van der Waals surface area contributed by atoms with E-state index in [2.05, 4.69) is 21.3 Å². The number of ether oxygens (including phenoxy) is 2. The Labute approximate surface area is 348 Å². The minimum atomic E-state index is -1.34. The van der Waals surface area contributed by atoms with Crippen LogP contribution in [0.2, 0.25) is 0 Å². The van der Waals surface area contributed by atoms with Crippen molar-refractivity contribution in [1.29, 1.82) is 0 Å². The molecule has 0 spiro atoms. The second-order valence-electron chi connectivity index (χ2n) is 15.5. The van der Waals surface area contributed by atoms with E-state index in [1.807, 2.05) is 125 Å². The van der Waals surface area contributed by atoms with Gasteiger partial charge in [-0.05, 0) is 60.3 Å². The van der Waals surface area contributed by atoms with Gasteiger partial charge in [-0.1, -0.05) is 149 Å². The maximum absolute atomic E-state index is 14.4. The highest BCUT2D eigenvalue weighted by atomic mass is 16.5. The number of hydrogen-bond acceptors (Lipinski definition) is 8. The van der Waals surface area contributed by atoms with Gasteiger partial charge in [0.2, 0.25) is 23.6 Å². The fraction of sp³-hybridized carbons (Fsp3) is 0.383. The Morgan fingerprint density at radius 2 is 1.00 bits per heavy atom. The molecular formula is C47H59N5O7. The zero-order valence-electron chi connectivity index (χ0n) is 34.6. The number of amides is 4. The SMILES string of the molecule is CC(C)C[C@H](NC(=O)[C@@H](NC(=O)C(Cc1ccccc1)C(=O)N[C@@H](NC(=O)[C@@H](N)Cc1ccccc1)C(C)C)[C@@H](C)OCc1ccccc1)C(=O)OCc1ccccc1. The van der Waals surface area contributed by atoms with Crippen LogP contribution in [0.25, 0.3) is 0 Å². The maximum atomic E-state index is 14.4. The molecule has 0 heterocycles. The molecule has 0 radical (unpaired) electrons. The lowest BCUT2D eigenvalue weighted by Gasteiger charge is -2.30. The maximum Gasteiger partial charge on any atom is 0.328 e. The summed E-state index contributed by atoms with van der Waals surface area (Å²) in [4.78, 5) is 69.6. The highest BCUT2D eigenvalue weighted by Gasteiger charge is 2.37. The van der Waals surface area contributed by atoms with Crippen molar-refractivity contribution < 1.29 is 33.4 Å². The van der Waals surface area contributed by atoms with Gasteiger partial charge in [-0.15, -0.1) is 0 Å². The Morgan fingerprint density at radius 3 is 1.51 bits per heavy atom. The molecule has 0 aromatic heterocycles. The van der Waals surface area contributed by atoms with Crippen molar-refractivity contribution in [2.45, 2.75) is 97.5 Å². The average molecular weight is 806 g/mol. The summed E-state index contributed by atoms with van der Waals surface area (Å²) in [6, 6.07) is 33.7. The van der Waals surface area contributed by atoms with Crippen LogP contribution >= 0.6 is 0 Å². The molecule has 0 bridgehead atoms. The van der Waals surface area contributed by atoms with Gasteiger partial charge in [0.05, 0.1) is 18.8 Å². The third-order valence-electron chi connectivity index (χ3n) is 9.75. The van der Waals surface area contributed by atoms with Crippen LogP contribution in [-0.4, -0.2) is 60.0 Å². The number of rotatable bonds is 22. The van der Waals surface area contributed by atoms with Crippen molar-refractivity contribution in [3.63, 3.8) is 0 Å². The van der Waals surface area contributed by atoms with Crippen molar-refractivity contribution in [2.75, 3.05) is 0 Å². The first-order valence-electron chi connectivity index (χ1n) is 20.2. The van der Waals surface area contributed by atoms with E-state index in [1.165, 1.54) is 0 Å². The van der Waals surface area contributed by atoms with Gasteiger partial charge in [-0.25, -0.2) is 4.79 Å². The highest BCUT2D eigenvalue weighted by molar-refractivity contribution is 6.02. The van der Waals surface area contributed by atoms with Crippen LogP contribution in [0, 0.1) is 17.8 Å². The Hall–Kier alpha value is -5.85. The standard InChI is InChI=1S/C47H59N5O7/c1-31(2)26-40(47(57)59-30-37-24-16-9-17-25-37)49-46(56)41(33(5)58-29-36-22-14-8-15-23-36)50-43(53)38(27-34-18-10-6-11-19-34)44(54)51-42(32(3)4)52-45(55)39(48)28-35-20-12-7-13-21-35/h6-25,31-33,38-42H,26-30,48H2,1-5H3,(H,49,56)(H,50,53)(H,51,54)(H,52,55)/t33-,38?,39+,40+,41+,42+/m1/s1. The van der Waals surface area contributed by atoms with Gasteiger partial charge in [0.25, 0.3) is 0 Å². The van der Waals surface area contributed by atoms with E-state index < -0.39 is 65.9 Å². The van der Waals surface area contributed by atoms with Crippen LogP contribution in [0.5, 0.6) is 0 Å². The summed E-state index contributed by atoms with van der Waals surface area (Å²) in [5, 5.41) is 11.3. The molecule has 59 heavy (non-hydrogen) atoms. The number of carbonyl (C=O) groups excluding carboxylic acids is 5. The molecule has 314 valence electrons. The van der Waals surface area contributed by atoms with E-state index in [-0.39, 0.29) is 37.9 Å². The molecule has 0 saturated carbocycles. The van der Waals surface area contributed by atoms with Crippen LogP contribution in [0.3, 0.4) is 0 Å². The minimum Gasteiger partial charge on any atom is -0.459 e. The Bertz CT molecular complexity index is 1910. The number of esters is 1. The van der Waals surface area contributed by atoms with Crippen molar-refractivity contribution in [2.24, 2.45) is 23.5 Å². The van der Waals surface area contributed by atoms with Gasteiger partial charge < -0.3 is 36.5 Å². The van der Waals surface area contributed by atoms with Crippen molar-refractivity contribution in [1.82, 2.24) is 21.3 Å². The zero-order chi connectivity index (χ0) is 42.7. The van der Waals surface area contributed by atoms with Crippen molar-refractivity contribution in [3.8, 4) is 0 Å². The third-order valence-corrected chi connectivity index (χ3v) is 9.75. The molecule has 4 rings (SSSR count). The molecule has 0 fully saturated rings. The van der Waals surface area contributed by atoms with E-state index in [0.29, 0.717) is 12.0 Å². The second-order valence-corrected chi connectivity index (χ2v) is 15.5. The molecule has 0 aliphatic carbocycles. The van der Waals surface area contributed by atoms with E-state index in [1.54, 1.807) is 31.2 Å². The smallest absolute Gasteiger partial charge is 0.328 e. The predicted octanol–water partition coefficient (Wildman–Crippen LogP) is 4.99. The first-order chi connectivity index (χ1) is 28.3. The van der Waals surface area contributed by atoms with E-state index >= 15 is 0 Å². The largest absolute Gasteiger partial charge is 0.459 e. The number of nitrogens with two attached hydrogens (primary N) is 1. The van der Waals surface area contributed by atoms with Gasteiger partial charge in [0.15, 0.2) is 0 Å². The summed E-state index contributed by atoms with van der Waals surface area (Å²) in [5.74, 6) is -4.79. The van der Waals surface area contributed by atoms with Gasteiger partial charge in [-0.2, -0.15) is 0 Å². The summed E-state index contributed by atoms with van der Waals surface area (Å²) in [6.45, 7) is 9.29. The molecular weight excluding hydrogens is 747 g/mol. The average Bonchev–Trinajstić information content (AvgIpc) is 3.23. The quantitative estimate of drug-likeness (QED) is 0.0419. The summed E-state index contributed by atoms with van der Waals surface area (Å²) >= 11 is 0. The topological polar surface area (TPSA) is 178 Å². The van der Waals surface area contributed by atoms with E-state index in [4.69, 9.17) is 15.2 Å². The van der Waals surface area contributed by atoms with E-state index in [9.17, 15) is 24.0 Å². The summed E-state index contributed by atoms with van der Waals surface area (Å²) in [6.07, 6.45) is -1.22. The molecule has 0 saturated heterocycles. The van der Waals surface area contributed by atoms with Crippen LogP contribution < -0.4 is 27.0 Å². The number of carbonyl (C=O) groups is 5. The highest BCUT2D eigenvalue weighted by Crippen LogP contribution is 2.16. The van der Waals surface area contributed by atoms with Crippen LogP contribution in [-0.2, 0) is 59.5 Å². The lowest BCUT2D eigenvalue weighted by Crippen LogP contribution is -2.60. The van der Waals surface area contributed by atoms with Crippen LogP contribution in [0.15, 0.2) is 121 Å². The molecule has 4 aromatic rings. The molecule has 0 aliphatic heterocycles. The van der Waals surface area contributed by atoms with Crippen LogP contribution in [0.4, 0.5) is 0 Å². The molecule has 4 aromatic carbocycles. The summed E-state index contributed by atoms with van der Waals surface area (Å²) in [5.41, 5.74) is 9.49. The fourth-order valence-corrected chi connectivity index (χ4v) is 6.32. The fourth-order valence-electron chi connectivity index (χ4n) is 6.32. The van der Waals surface area contributed by atoms with Crippen molar-refractivity contribution in [3.05, 3.63) is 144 Å². The summed E-state index contributed by atoms with van der Waals surface area (Å²) < 4.78 is 11.8. The molecule has 12 nitrogen and oxygen atoms in total. The Morgan fingerprint density at radius 1 is 0.542 bits per heavy atom. The van der Waals surface area contributed by atoms with Gasteiger partial charge in [0.1, 0.15) is 30.8 Å². The number of nitrogens with one attached hydrogen (secondary N) is 4. The van der Waals surface area contributed by atoms with Gasteiger partial charge in [-0.3, -0.25) is 19.2 Å². The monoisotopic (exact) mass is 805 g/mol. The second kappa shape index (κ2) is 23.5. The van der Waals surface area contributed by atoms with Crippen molar-refractivity contribution >= 4 is 29.6 Å². The van der Waals surface area contributed by atoms with Crippen LogP contribution in [0.1, 0.15) is 63.3 Å². The first-order valence-corrected chi connectivity index (χ1v) is 20.2. The number of hydrogen-bond donors (Lipinski definition) is 5. The molecule has 6 atom stereocenters. The first kappa shape index (κ1) is 45.8. The zero-order valence-corrected chi connectivity index (χ0v) is 34.6. The Balaban J connectivity index is 1.57. The van der Waals surface area contributed by atoms with E-state index in [0.717, 1.165) is 16.7 Å². The third kappa shape index (κ3) is 15.4. The molecule has 6 N–H and O–H groups in total. The molecule has 0 aliphatic rings. The lowest BCUT2D eigenvalue weighted by molar-refractivity contribution is -0.150. The molecule has 4 amide bonds. The van der Waals surface area contributed by atoms with Gasteiger partial charge >= 0.3 is 5.97 Å². The normalized spacial score (nSPS) is 14.2. The molecule has 12 heteroatoms. The minimum absolute atomic E-state index is 0.00519. The summed E-state index contributed by atoms with van der Waals surface area (Å²) in [7, 11) is 0. The predicted molar refractivity (Wildman–Crippen MR) is 227 cm³/mol. The number of benzene rings is 4. The lowest BCUT2D eigenvalue weighted by atomic mass is 9.96.